The Morgan fingerprint density at radius 1 is 1.30 bits per heavy atom. The number of carbonyl (C=O) groups excluding carboxylic acids is 1. The Hall–Kier alpha value is -1.91. The van der Waals surface area contributed by atoms with Crippen LogP contribution in [0.1, 0.15) is 24.8 Å². The van der Waals surface area contributed by atoms with Crippen LogP contribution in [0.5, 0.6) is 0 Å². The molecule has 106 valence electrons. The highest BCUT2D eigenvalue weighted by Gasteiger charge is 2.53. The molecule has 0 saturated heterocycles. The third kappa shape index (κ3) is 2.28. The second kappa shape index (κ2) is 5.23. The number of rotatable bonds is 4. The molecular formula is C15H18N2O3. The molecule has 2 fully saturated rings. The van der Waals surface area contributed by atoms with Crippen molar-refractivity contribution in [1.82, 2.24) is 10.3 Å². The standard InChI is InChI=1S/C15H18N2O3/c18-14(17-8-9-2-1-5-16-7-9)12-10-3-4-11(6-10)13(12)15(19)20/h1-2,5,7,10-13H,3-4,6,8H2,(H,17,18)(H,19,20)/t10?,11?,12?,13-/m0/s1. The Morgan fingerprint density at radius 3 is 2.70 bits per heavy atom. The summed E-state index contributed by atoms with van der Waals surface area (Å²) < 4.78 is 0. The predicted molar refractivity (Wildman–Crippen MR) is 71.5 cm³/mol. The molecule has 1 heterocycles. The first-order valence-electron chi connectivity index (χ1n) is 7.06. The van der Waals surface area contributed by atoms with Gasteiger partial charge in [-0.1, -0.05) is 6.07 Å². The van der Waals surface area contributed by atoms with E-state index in [9.17, 15) is 14.7 Å². The van der Waals surface area contributed by atoms with Gasteiger partial charge in [-0.25, -0.2) is 0 Å². The lowest BCUT2D eigenvalue weighted by Crippen LogP contribution is -2.41. The molecule has 0 spiro atoms. The highest BCUT2D eigenvalue weighted by Crippen LogP contribution is 2.52. The zero-order valence-electron chi connectivity index (χ0n) is 11.2. The summed E-state index contributed by atoms with van der Waals surface area (Å²) in [6, 6.07) is 3.71. The Morgan fingerprint density at radius 2 is 2.05 bits per heavy atom. The van der Waals surface area contributed by atoms with Crippen LogP contribution >= 0.6 is 0 Å². The zero-order chi connectivity index (χ0) is 14.1. The monoisotopic (exact) mass is 274 g/mol. The third-order valence-electron chi connectivity index (χ3n) is 4.69. The number of carbonyl (C=O) groups is 2. The van der Waals surface area contributed by atoms with Crippen LogP contribution in [0.25, 0.3) is 0 Å². The lowest BCUT2D eigenvalue weighted by atomic mass is 9.78. The SMILES string of the molecule is O=C(NCc1cccnc1)C1C2CCC(C2)[C@@H]1C(=O)O. The maximum atomic E-state index is 12.3. The molecule has 2 saturated carbocycles. The van der Waals surface area contributed by atoms with Gasteiger partial charge in [0.1, 0.15) is 0 Å². The lowest BCUT2D eigenvalue weighted by Gasteiger charge is -2.27. The summed E-state index contributed by atoms with van der Waals surface area (Å²) in [7, 11) is 0. The number of nitrogens with zero attached hydrogens (tertiary/aromatic N) is 1. The molecule has 4 atom stereocenters. The summed E-state index contributed by atoms with van der Waals surface area (Å²) in [5.74, 6) is -1.36. The van der Waals surface area contributed by atoms with Crippen molar-refractivity contribution in [2.45, 2.75) is 25.8 Å². The second-order valence-corrected chi connectivity index (χ2v) is 5.80. The van der Waals surface area contributed by atoms with Gasteiger partial charge in [0.15, 0.2) is 0 Å². The molecule has 0 radical (unpaired) electrons. The average Bonchev–Trinajstić information content (AvgIpc) is 3.06. The van der Waals surface area contributed by atoms with Gasteiger partial charge >= 0.3 is 5.97 Å². The molecule has 3 unspecified atom stereocenters. The van der Waals surface area contributed by atoms with Crippen molar-refractivity contribution < 1.29 is 14.7 Å². The predicted octanol–water partition coefficient (Wildman–Crippen LogP) is 1.44. The Labute approximate surface area is 117 Å². The van der Waals surface area contributed by atoms with E-state index in [-0.39, 0.29) is 23.7 Å². The summed E-state index contributed by atoms with van der Waals surface area (Å²) in [6.45, 7) is 0.410. The minimum atomic E-state index is -0.821. The second-order valence-electron chi connectivity index (χ2n) is 5.80. The van der Waals surface area contributed by atoms with E-state index in [2.05, 4.69) is 10.3 Å². The van der Waals surface area contributed by atoms with E-state index in [4.69, 9.17) is 0 Å². The maximum absolute atomic E-state index is 12.3. The van der Waals surface area contributed by atoms with Crippen molar-refractivity contribution >= 4 is 11.9 Å². The number of amides is 1. The van der Waals surface area contributed by atoms with Crippen LogP contribution in [-0.2, 0) is 16.1 Å². The number of fused-ring (bicyclic) bond motifs is 2. The number of aliphatic carboxylic acids is 1. The number of aromatic nitrogens is 1. The number of pyridine rings is 1. The van der Waals surface area contributed by atoms with E-state index < -0.39 is 11.9 Å². The van der Waals surface area contributed by atoms with Crippen molar-refractivity contribution in [2.24, 2.45) is 23.7 Å². The average molecular weight is 274 g/mol. The topological polar surface area (TPSA) is 79.3 Å². The van der Waals surface area contributed by atoms with Gasteiger partial charge < -0.3 is 10.4 Å². The van der Waals surface area contributed by atoms with Gasteiger partial charge in [-0.15, -0.1) is 0 Å². The van der Waals surface area contributed by atoms with Crippen molar-refractivity contribution in [3.05, 3.63) is 30.1 Å². The fraction of sp³-hybridized carbons (Fsp3) is 0.533. The minimum absolute atomic E-state index is 0.117. The fourth-order valence-corrected chi connectivity index (χ4v) is 3.83. The Kier molecular flexibility index (Phi) is 3.42. The van der Waals surface area contributed by atoms with Gasteiger partial charge in [-0.05, 0) is 42.7 Å². The molecule has 2 bridgehead atoms. The zero-order valence-corrected chi connectivity index (χ0v) is 11.2. The van der Waals surface area contributed by atoms with Crippen LogP contribution in [0.3, 0.4) is 0 Å². The van der Waals surface area contributed by atoms with Gasteiger partial charge in [0, 0.05) is 18.9 Å². The highest BCUT2D eigenvalue weighted by atomic mass is 16.4. The molecule has 5 nitrogen and oxygen atoms in total. The van der Waals surface area contributed by atoms with Crippen LogP contribution in [0, 0.1) is 23.7 Å². The Balaban J connectivity index is 1.66. The summed E-state index contributed by atoms with van der Waals surface area (Å²) in [5.41, 5.74) is 0.927. The van der Waals surface area contributed by atoms with E-state index in [0.29, 0.717) is 6.54 Å². The van der Waals surface area contributed by atoms with E-state index in [1.165, 1.54) is 0 Å². The number of hydrogen-bond donors (Lipinski definition) is 2. The van der Waals surface area contributed by atoms with Gasteiger partial charge in [-0.3, -0.25) is 14.6 Å². The summed E-state index contributed by atoms with van der Waals surface area (Å²) in [6.07, 6.45) is 6.22. The van der Waals surface area contributed by atoms with Crippen LogP contribution in [0.2, 0.25) is 0 Å². The number of hydrogen-bond acceptors (Lipinski definition) is 3. The third-order valence-corrected chi connectivity index (χ3v) is 4.69. The molecule has 1 amide bonds. The number of carboxylic acid groups (broad SMARTS) is 1. The highest BCUT2D eigenvalue weighted by molar-refractivity contribution is 5.86. The molecule has 3 rings (SSSR count). The molecular weight excluding hydrogens is 256 g/mol. The van der Waals surface area contributed by atoms with Crippen molar-refractivity contribution in [1.29, 1.82) is 0 Å². The van der Waals surface area contributed by atoms with Crippen LogP contribution in [0.4, 0.5) is 0 Å². The summed E-state index contributed by atoms with van der Waals surface area (Å²) in [5, 5.41) is 12.2. The molecule has 5 heteroatoms. The molecule has 2 N–H and O–H groups in total. The summed E-state index contributed by atoms with van der Waals surface area (Å²) >= 11 is 0. The van der Waals surface area contributed by atoms with E-state index in [1.54, 1.807) is 12.4 Å². The van der Waals surface area contributed by atoms with E-state index in [0.717, 1.165) is 24.8 Å². The molecule has 0 aromatic carbocycles. The van der Waals surface area contributed by atoms with Crippen LogP contribution < -0.4 is 5.32 Å². The molecule has 1 aromatic heterocycles. The number of nitrogens with one attached hydrogen (secondary N) is 1. The van der Waals surface area contributed by atoms with Gasteiger partial charge in [-0.2, -0.15) is 0 Å². The molecule has 1 aromatic rings. The van der Waals surface area contributed by atoms with Crippen molar-refractivity contribution in [3.63, 3.8) is 0 Å². The summed E-state index contributed by atoms with van der Waals surface area (Å²) in [4.78, 5) is 27.7. The van der Waals surface area contributed by atoms with E-state index >= 15 is 0 Å². The van der Waals surface area contributed by atoms with E-state index in [1.807, 2.05) is 12.1 Å². The van der Waals surface area contributed by atoms with Gasteiger partial charge in [0.25, 0.3) is 0 Å². The number of carboxylic acids is 1. The van der Waals surface area contributed by atoms with Crippen molar-refractivity contribution in [3.8, 4) is 0 Å². The molecule has 0 aliphatic heterocycles. The maximum Gasteiger partial charge on any atom is 0.307 e. The first-order valence-corrected chi connectivity index (χ1v) is 7.06. The molecule has 2 aliphatic carbocycles. The molecule has 2 aliphatic rings. The van der Waals surface area contributed by atoms with Gasteiger partial charge in [0.05, 0.1) is 11.8 Å². The smallest absolute Gasteiger partial charge is 0.307 e. The van der Waals surface area contributed by atoms with Crippen LogP contribution in [0.15, 0.2) is 24.5 Å². The van der Waals surface area contributed by atoms with Crippen molar-refractivity contribution in [2.75, 3.05) is 0 Å². The lowest BCUT2D eigenvalue weighted by molar-refractivity contribution is -0.149. The fourth-order valence-electron chi connectivity index (χ4n) is 3.83. The normalized spacial score (nSPS) is 31.2. The van der Waals surface area contributed by atoms with Gasteiger partial charge in [0.2, 0.25) is 5.91 Å². The largest absolute Gasteiger partial charge is 0.481 e. The van der Waals surface area contributed by atoms with Crippen LogP contribution in [-0.4, -0.2) is 22.0 Å². The Bertz CT molecular complexity index is 517. The first-order chi connectivity index (χ1) is 9.66. The minimum Gasteiger partial charge on any atom is -0.481 e. The first kappa shape index (κ1) is 13.1. The quantitative estimate of drug-likeness (QED) is 0.871. The molecule has 20 heavy (non-hydrogen) atoms.